The van der Waals surface area contributed by atoms with E-state index < -0.39 is 71.7 Å². The summed E-state index contributed by atoms with van der Waals surface area (Å²) in [6.45, 7) is 12.4. The van der Waals surface area contributed by atoms with Gasteiger partial charge in [0, 0.05) is 18.8 Å². The van der Waals surface area contributed by atoms with Gasteiger partial charge in [0.05, 0.1) is 30.3 Å². The van der Waals surface area contributed by atoms with Gasteiger partial charge in [0.15, 0.2) is 11.6 Å². The van der Waals surface area contributed by atoms with Crippen molar-refractivity contribution in [1.29, 1.82) is 0 Å². The zero-order valence-electron chi connectivity index (χ0n) is 25.9. The van der Waals surface area contributed by atoms with Crippen LogP contribution < -0.4 is 21.7 Å². The van der Waals surface area contributed by atoms with E-state index in [9.17, 15) is 19.2 Å². The first-order valence-electron chi connectivity index (χ1n) is 14.2. The van der Waals surface area contributed by atoms with Gasteiger partial charge in [-0.3, -0.25) is 19.2 Å². The molecule has 1 aliphatic rings. The smallest absolute Gasteiger partial charge is 0.466 e. The number of nitrogens with zero attached hydrogens (tertiary/aromatic N) is 1. The number of ether oxygens (including phenoxy) is 1. The lowest BCUT2D eigenvalue weighted by Crippen LogP contribution is -2.43. The van der Waals surface area contributed by atoms with Gasteiger partial charge < -0.3 is 29.2 Å². The number of pyridine rings is 1. The molecule has 1 saturated heterocycles. The second-order valence-corrected chi connectivity index (χ2v) is 12.1. The largest absolute Gasteiger partial charge is 0.494 e. The van der Waals surface area contributed by atoms with Crippen molar-refractivity contribution < 1.29 is 37.2 Å². The topological polar surface area (TPSA) is 125 Å². The van der Waals surface area contributed by atoms with Crippen LogP contribution in [0.25, 0.3) is 0 Å². The second-order valence-electron chi connectivity index (χ2n) is 12.1. The Kier molecular flexibility index (Phi) is 10.6. The third-order valence-electron chi connectivity index (χ3n) is 7.69. The second kappa shape index (κ2) is 13.4. The molecule has 0 radical (unpaired) electrons. The van der Waals surface area contributed by atoms with Crippen LogP contribution in [0.1, 0.15) is 72.9 Å². The number of rotatable bonds is 11. The van der Waals surface area contributed by atoms with E-state index in [0.29, 0.717) is 0 Å². The number of halogens is 2. The van der Waals surface area contributed by atoms with Crippen molar-refractivity contribution in [3.8, 4) is 0 Å². The van der Waals surface area contributed by atoms with Crippen molar-refractivity contribution in [1.82, 2.24) is 9.88 Å². The van der Waals surface area contributed by atoms with E-state index >= 15 is 8.78 Å². The van der Waals surface area contributed by atoms with Gasteiger partial charge in [-0.25, -0.2) is 8.78 Å². The quantitative estimate of drug-likeness (QED) is 0.229. The minimum Gasteiger partial charge on any atom is -0.466 e. The van der Waals surface area contributed by atoms with Gasteiger partial charge in [0.2, 0.25) is 11.8 Å². The van der Waals surface area contributed by atoms with Crippen molar-refractivity contribution in [3.05, 3.63) is 58.0 Å². The molecule has 1 fully saturated rings. The van der Waals surface area contributed by atoms with Gasteiger partial charge in [-0.05, 0) is 70.6 Å². The molecule has 2 heterocycles. The Morgan fingerprint density at radius 2 is 1.70 bits per heavy atom. The van der Waals surface area contributed by atoms with E-state index in [4.69, 9.17) is 14.0 Å². The first kappa shape index (κ1) is 33.9. The van der Waals surface area contributed by atoms with Crippen molar-refractivity contribution >= 4 is 36.1 Å². The number of anilines is 1. The standard InChI is InChI=1S/C30H40BF2N3O7/c1-9-41-24(37)16-23(19-14-18(15-21(32)25(19)33)31-42-29(4,5)30(6,7)43-31)35-27(39)20(13-17(2)3)26(38)34-22-11-10-12-36(8)28(22)40/h10-12,14-15,17,20,23H,9,13,16H2,1-8H3,(H,34,38)(H,35,39)/t20-,23+/m1/s1. The van der Waals surface area contributed by atoms with E-state index in [-0.39, 0.29) is 35.7 Å². The fourth-order valence-corrected chi connectivity index (χ4v) is 4.62. The summed E-state index contributed by atoms with van der Waals surface area (Å²) < 4.78 is 48.7. The van der Waals surface area contributed by atoms with Crippen LogP contribution in [-0.2, 0) is 35.5 Å². The molecule has 0 saturated carbocycles. The molecule has 0 bridgehead atoms. The molecule has 10 nitrogen and oxygen atoms in total. The maximum Gasteiger partial charge on any atom is 0.494 e. The lowest BCUT2D eigenvalue weighted by atomic mass is 9.77. The minimum absolute atomic E-state index is 0.0225. The van der Waals surface area contributed by atoms with Crippen molar-refractivity contribution in [3.63, 3.8) is 0 Å². The summed E-state index contributed by atoms with van der Waals surface area (Å²) in [5, 5.41) is 5.07. The van der Waals surface area contributed by atoms with Crippen LogP contribution in [0.5, 0.6) is 0 Å². The molecule has 2 aromatic rings. The summed E-state index contributed by atoms with van der Waals surface area (Å²) in [7, 11) is 0.465. The van der Waals surface area contributed by atoms with Crippen LogP contribution in [0, 0.1) is 23.5 Å². The fourth-order valence-electron chi connectivity index (χ4n) is 4.62. The molecule has 234 valence electrons. The molecule has 0 spiro atoms. The van der Waals surface area contributed by atoms with Gasteiger partial charge in [-0.2, -0.15) is 0 Å². The number of benzene rings is 1. The molecule has 0 aliphatic carbocycles. The Bertz CT molecular complexity index is 1410. The Hall–Kier alpha value is -3.58. The van der Waals surface area contributed by atoms with Gasteiger partial charge in [-0.15, -0.1) is 0 Å². The maximum absolute atomic E-state index is 15.4. The summed E-state index contributed by atoms with van der Waals surface area (Å²) >= 11 is 0. The van der Waals surface area contributed by atoms with Gasteiger partial charge in [-0.1, -0.05) is 19.9 Å². The number of carbonyl (C=O) groups excluding carboxylic acids is 3. The SMILES string of the molecule is CCOC(=O)C[C@H](NC(=O)[C@H](CC(C)C)C(=O)Nc1cccn(C)c1=O)c1cc(B2OC(C)(C)C(C)(C)O2)cc(F)c1F. The van der Waals surface area contributed by atoms with E-state index in [1.807, 2.05) is 27.7 Å². The lowest BCUT2D eigenvalue weighted by Gasteiger charge is -2.32. The first-order valence-corrected chi connectivity index (χ1v) is 14.2. The lowest BCUT2D eigenvalue weighted by molar-refractivity contribution is -0.144. The average Bonchev–Trinajstić information content (AvgIpc) is 3.12. The molecule has 13 heteroatoms. The highest BCUT2D eigenvalue weighted by Gasteiger charge is 2.52. The van der Waals surface area contributed by atoms with Gasteiger partial charge in [0.1, 0.15) is 11.6 Å². The Morgan fingerprint density at radius 3 is 2.28 bits per heavy atom. The van der Waals surface area contributed by atoms with E-state index in [2.05, 4.69) is 10.6 Å². The third-order valence-corrected chi connectivity index (χ3v) is 7.69. The molecule has 1 aromatic heterocycles. The van der Waals surface area contributed by atoms with Gasteiger partial charge in [0.25, 0.3) is 5.56 Å². The number of amides is 2. The molecule has 2 atom stereocenters. The summed E-state index contributed by atoms with van der Waals surface area (Å²) in [4.78, 5) is 51.9. The molecule has 3 rings (SSSR count). The van der Waals surface area contributed by atoms with Crippen LogP contribution in [0.15, 0.2) is 35.3 Å². The highest BCUT2D eigenvalue weighted by Crippen LogP contribution is 2.37. The Labute approximate surface area is 250 Å². The summed E-state index contributed by atoms with van der Waals surface area (Å²) in [6, 6.07) is 3.78. The monoisotopic (exact) mass is 603 g/mol. The number of esters is 1. The minimum atomic E-state index is -1.41. The van der Waals surface area contributed by atoms with Crippen LogP contribution in [-0.4, -0.2) is 47.3 Å². The van der Waals surface area contributed by atoms with Crippen LogP contribution in [0.4, 0.5) is 14.5 Å². The Morgan fingerprint density at radius 1 is 1.07 bits per heavy atom. The van der Waals surface area contributed by atoms with Crippen molar-refractivity contribution in [2.24, 2.45) is 18.9 Å². The summed E-state index contributed by atoms with van der Waals surface area (Å²) in [5.74, 6) is -6.35. The number of hydrogen-bond acceptors (Lipinski definition) is 7. The number of aryl methyl sites for hydroxylation is 1. The van der Waals surface area contributed by atoms with Crippen LogP contribution >= 0.6 is 0 Å². The molecular weight excluding hydrogens is 563 g/mol. The van der Waals surface area contributed by atoms with E-state index in [1.165, 1.54) is 29.9 Å². The van der Waals surface area contributed by atoms with Gasteiger partial charge >= 0.3 is 13.1 Å². The highest BCUT2D eigenvalue weighted by molar-refractivity contribution is 6.62. The van der Waals surface area contributed by atoms with E-state index in [1.54, 1.807) is 26.8 Å². The summed E-state index contributed by atoms with van der Waals surface area (Å²) in [6.07, 6.45) is 1.04. The third kappa shape index (κ3) is 7.88. The molecule has 1 aromatic carbocycles. The number of nitrogens with one attached hydrogen (secondary N) is 2. The molecule has 43 heavy (non-hydrogen) atoms. The number of hydrogen-bond donors (Lipinski definition) is 2. The Balaban J connectivity index is 1.99. The number of aromatic nitrogens is 1. The maximum atomic E-state index is 15.4. The molecule has 2 amide bonds. The molecular formula is C30H40BF2N3O7. The fraction of sp³-hybridized carbons (Fsp3) is 0.533. The zero-order chi connectivity index (χ0) is 32.3. The predicted molar refractivity (Wildman–Crippen MR) is 157 cm³/mol. The van der Waals surface area contributed by atoms with Crippen LogP contribution in [0.2, 0.25) is 0 Å². The molecule has 2 N–H and O–H groups in total. The highest BCUT2D eigenvalue weighted by atomic mass is 19.2. The predicted octanol–water partition coefficient (Wildman–Crippen LogP) is 3.37. The van der Waals surface area contributed by atoms with Crippen molar-refractivity contribution in [2.75, 3.05) is 11.9 Å². The van der Waals surface area contributed by atoms with E-state index in [0.717, 1.165) is 6.07 Å². The molecule has 1 aliphatic heterocycles. The number of carbonyl (C=O) groups is 3. The molecule has 0 unspecified atom stereocenters. The summed E-state index contributed by atoms with van der Waals surface area (Å²) in [5.41, 5.74) is -2.23. The zero-order valence-corrected chi connectivity index (χ0v) is 25.9. The average molecular weight is 603 g/mol. The van der Waals surface area contributed by atoms with Crippen LogP contribution in [0.3, 0.4) is 0 Å². The van der Waals surface area contributed by atoms with Crippen molar-refractivity contribution in [2.45, 2.75) is 78.6 Å². The first-order chi connectivity index (χ1) is 20.0. The normalized spacial score (nSPS) is 17.0.